The van der Waals surface area contributed by atoms with E-state index in [2.05, 4.69) is 5.92 Å². The number of rotatable bonds is 3. The van der Waals surface area contributed by atoms with E-state index in [0.29, 0.717) is 0 Å². The zero-order valence-corrected chi connectivity index (χ0v) is 23.6. The normalized spacial score (nSPS) is 44.0. The lowest BCUT2D eigenvalue weighted by Crippen LogP contribution is -2.70. The van der Waals surface area contributed by atoms with Crippen LogP contribution in [0.4, 0.5) is 22.0 Å². The van der Waals surface area contributed by atoms with Gasteiger partial charge in [0.15, 0.2) is 23.3 Å². The molecule has 1 saturated heterocycles. The second-order valence-electron chi connectivity index (χ2n) is 12.3. The molecule has 5 nitrogen and oxygen atoms in total. The topological polar surface area (TPSA) is 72.8 Å². The molecule has 4 aliphatic carbocycles. The average Bonchev–Trinajstić information content (AvgIpc) is 3.43. The van der Waals surface area contributed by atoms with Crippen molar-refractivity contribution in [3.63, 3.8) is 0 Å². The van der Waals surface area contributed by atoms with Crippen LogP contribution < -0.4 is 0 Å². The Morgan fingerprint density at radius 3 is 2.52 bits per heavy atom. The van der Waals surface area contributed by atoms with Gasteiger partial charge in [-0.1, -0.05) is 42.8 Å². The molecule has 10 atom stereocenters. The first-order valence-electron chi connectivity index (χ1n) is 13.7. The van der Waals surface area contributed by atoms with Crippen LogP contribution in [0.3, 0.4) is 0 Å². The molecule has 6 rings (SSSR count). The van der Waals surface area contributed by atoms with E-state index in [0.717, 1.165) is 30.0 Å². The molecule has 42 heavy (non-hydrogen) atoms. The highest BCUT2D eigenvalue weighted by molar-refractivity contribution is 8.14. The molecule has 5 aliphatic rings. The monoisotopic (exact) mass is 608 g/mol. The Labute approximate surface area is 243 Å². The highest BCUT2D eigenvalue weighted by atomic mass is 32.2. The summed E-state index contributed by atoms with van der Waals surface area (Å²) in [6.07, 6.45) is -1.46. The number of terminal acetylenes is 1. The van der Waals surface area contributed by atoms with E-state index in [4.69, 9.17) is 15.9 Å². The van der Waals surface area contributed by atoms with Gasteiger partial charge in [0.2, 0.25) is 5.12 Å². The van der Waals surface area contributed by atoms with Gasteiger partial charge < -0.3 is 14.6 Å². The molecule has 1 aromatic rings. The molecule has 1 N–H and O–H groups in total. The lowest BCUT2D eigenvalue weighted by atomic mass is 9.44. The molecule has 1 aliphatic heterocycles. The Hall–Kier alpha value is -2.52. The molecule has 0 amide bonds. The van der Waals surface area contributed by atoms with Crippen LogP contribution in [0.5, 0.6) is 0 Å². The molecule has 1 aromatic carbocycles. The van der Waals surface area contributed by atoms with E-state index >= 15 is 8.78 Å². The van der Waals surface area contributed by atoms with Gasteiger partial charge in [-0.25, -0.2) is 8.78 Å². The van der Waals surface area contributed by atoms with Gasteiger partial charge in [0.05, 0.1) is 23.5 Å². The van der Waals surface area contributed by atoms with Crippen molar-refractivity contribution in [3.05, 3.63) is 59.2 Å². The summed E-state index contributed by atoms with van der Waals surface area (Å²) in [5.74, 6) is 0.193. The number of ketones is 1. The van der Waals surface area contributed by atoms with Crippen LogP contribution in [0.25, 0.3) is 0 Å². The number of benzene rings is 1. The molecular weight excluding hydrogens is 579 g/mol. The Kier molecular flexibility index (Phi) is 6.67. The van der Waals surface area contributed by atoms with Gasteiger partial charge >= 0.3 is 6.18 Å². The number of ether oxygens (including phenoxy) is 2. The molecule has 0 aromatic heterocycles. The fraction of sp³-hybridized carbons (Fsp3) is 0.548. The van der Waals surface area contributed by atoms with Gasteiger partial charge in [-0.05, 0) is 62.0 Å². The molecule has 11 heteroatoms. The fourth-order valence-electron chi connectivity index (χ4n) is 8.49. The molecule has 3 saturated carbocycles. The maximum atomic E-state index is 17.5. The molecule has 1 unspecified atom stereocenters. The van der Waals surface area contributed by atoms with E-state index in [9.17, 15) is 27.9 Å². The third-order valence-corrected chi connectivity index (χ3v) is 11.3. The lowest BCUT2D eigenvalue weighted by molar-refractivity contribution is -0.232. The van der Waals surface area contributed by atoms with Crippen molar-refractivity contribution in [3.8, 4) is 12.3 Å². The number of hydrogen-bond donors (Lipinski definition) is 1. The molecule has 4 fully saturated rings. The van der Waals surface area contributed by atoms with Gasteiger partial charge in [0.1, 0.15) is 6.17 Å². The van der Waals surface area contributed by atoms with Crippen LogP contribution in [-0.4, -0.2) is 51.4 Å². The first-order chi connectivity index (χ1) is 19.6. The third kappa shape index (κ3) is 3.74. The number of aliphatic hydroxyl groups is 1. The number of aliphatic hydroxyl groups excluding tert-OH is 1. The Bertz CT molecular complexity index is 1430. The summed E-state index contributed by atoms with van der Waals surface area (Å²) in [6.45, 7) is 3.19. The minimum absolute atomic E-state index is 0.00100. The molecular formula is C31H29F5O5S. The summed E-state index contributed by atoms with van der Waals surface area (Å²) in [7, 11) is 0. The highest BCUT2D eigenvalue weighted by Gasteiger charge is 2.80. The molecule has 1 heterocycles. The van der Waals surface area contributed by atoms with Crippen molar-refractivity contribution in [1.82, 2.24) is 0 Å². The van der Waals surface area contributed by atoms with Gasteiger partial charge in [-0.15, -0.1) is 6.42 Å². The zero-order chi connectivity index (χ0) is 30.5. The summed E-state index contributed by atoms with van der Waals surface area (Å²) in [5.41, 5.74) is -7.56. The van der Waals surface area contributed by atoms with Crippen LogP contribution in [0.15, 0.2) is 48.1 Å². The average molecular weight is 609 g/mol. The molecule has 0 bridgehead atoms. The van der Waals surface area contributed by atoms with Crippen molar-refractivity contribution in [2.24, 2.45) is 22.7 Å². The third-order valence-electron chi connectivity index (χ3n) is 10.5. The maximum absolute atomic E-state index is 17.5. The second-order valence-corrected chi connectivity index (χ2v) is 13.3. The quantitative estimate of drug-likeness (QED) is 0.352. The summed E-state index contributed by atoms with van der Waals surface area (Å²) >= 11 is 0.810. The predicted octanol–water partition coefficient (Wildman–Crippen LogP) is 5.68. The van der Waals surface area contributed by atoms with E-state index in [1.165, 1.54) is 31.2 Å². The Morgan fingerprint density at radius 2 is 1.88 bits per heavy atom. The highest BCUT2D eigenvalue weighted by Crippen LogP contribution is 2.73. The van der Waals surface area contributed by atoms with Gasteiger partial charge in [-0.2, -0.15) is 13.2 Å². The number of carbonyl (C=O) groups is 2. The molecule has 0 spiro atoms. The summed E-state index contributed by atoms with van der Waals surface area (Å²) < 4.78 is 85.4. The van der Waals surface area contributed by atoms with Crippen molar-refractivity contribution in [1.29, 1.82) is 0 Å². The van der Waals surface area contributed by atoms with Gasteiger partial charge in [0, 0.05) is 22.3 Å². The van der Waals surface area contributed by atoms with Crippen molar-refractivity contribution < 1.29 is 46.1 Å². The van der Waals surface area contributed by atoms with Gasteiger partial charge in [-0.3, -0.25) is 9.59 Å². The van der Waals surface area contributed by atoms with Crippen LogP contribution in [0, 0.1) is 35.0 Å². The first kappa shape index (κ1) is 29.5. The zero-order valence-electron chi connectivity index (χ0n) is 22.8. The minimum Gasteiger partial charge on any atom is -0.390 e. The summed E-state index contributed by atoms with van der Waals surface area (Å²) in [6, 6.07) is 4.21. The lowest BCUT2D eigenvalue weighted by Gasteiger charge is -2.63. The van der Waals surface area contributed by atoms with Gasteiger partial charge in [0.25, 0.3) is 0 Å². The van der Waals surface area contributed by atoms with Crippen LogP contribution in [0.1, 0.15) is 50.5 Å². The van der Waals surface area contributed by atoms with Crippen LogP contribution in [-0.2, 0) is 25.2 Å². The standard InChI is InChI=1S/C31H29F5O5S/c1-4-11-42-26(39)30-24(40-25(41-30)16-5-7-17(8-6-16)31(34,35)36)14-19-20-13-22(32)21-12-18(37)9-10-27(21,2)29(20,33)23(38)15-28(19,30)3/h1,5-10,12,19-20,22-25,38H,11,13-15H2,2-3H3/t19-,20-,22-,23-,24+,25?,27-,28-,29-,30-/m0/s1. The van der Waals surface area contributed by atoms with Crippen LogP contribution >= 0.6 is 11.8 Å². The number of halogens is 5. The van der Waals surface area contributed by atoms with E-state index in [-0.39, 0.29) is 36.2 Å². The number of hydrogen-bond acceptors (Lipinski definition) is 6. The smallest absolute Gasteiger partial charge is 0.390 e. The van der Waals surface area contributed by atoms with E-state index in [1.807, 2.05) is 0 Å². The predicted molar refractivity (Wildman–Crippen MR) is 143 cm³/mol. The van der Waals surface area contributed by atoms with E-state index in [1.54, 1.807) is 6.92 Å². The second kappa shape index (κ2) is 9.49. The molecule has 224 valence electrons. The van der Waals surface area contributed by atoms with Crippen LogP contribution in [0.2, 0.25) is 0 Å². The summed E-state index contributed by atoms with van der Waals surface area (Å²) in [4.78, 5) is 26.1. The van der Waals surface area contributed by atoms with Crippen molar-refractivity contribution in [2.45, 2.75) is 75.2 Å². The Morgan fingerprint density at radius 1 is 1.19 bits per heavy atom. The minimum atomic E-state index is -4.55. The number of thioether (sulfide) groups is 1. The Balaban J connectivity index is 1.41. The number of allylic oxidation sites excluding steroid dienone is 4. The number of carbonyl (C=O) groups excluding carboxylic acids is 2. The van der Waals surface area contributed by atoms with E-state index < -0.39 is 81.2 Å². The number of fused-ring (bicyclic) bond motifs is 7. The summed E-state index contributed by atoms with van der Waals surface area (Å²) in [5, 5.41) is 11.1. The fourth-order valence-corrected chi connectivity index (χ4v) is 9.33. The van der Waals surface area contributed by atoms with Crippen molar-refractivity contribution >= 4 is 22.7 Å². The maximum Gasteiger partial charge on any atom is 0.416 e. The molecule has 0 radical (unpaired) electrons. The first-order valence-corrected chi connectivity index (χ1v) is 14.7. The number of alkyl halides is 5. The largest absolute Gasteiger partial charge is 0.416 e. The van der Waals surface area contributed by atoms with Crippen molar-refractivity contribution in [2.75, 3.05) is 5.75 Å². The SMILES string of the molecule is C#CCSC(=O)[C@@]12OC(c3ccc(C(F)(F)F)cc3)O[C@@H]1C[C@H]1[C@@H]3C[C@H](F)C4=CC(=O)C=C[C@]4(C)[C@@]3(F)[C@@H](O)C[C@@]12C.